The van der Waals surface area contributed by atoms with Crippen LogP contribution in [-0.2, 0) is 0 Å². The molecule has 6 heteroatoms. The van der Waals surface area contributed by atoms with E-state index in [0.29, 0.717) is 11.6 Å². The fourth-order valence-electron chi connectivity index (χ4n) is 4.11. The van der Waals surface area contributed by atoms with Gasteiger partial charge in [-0.25, -0.2) is 9.97 Å². The van der Waals surface area contributed by atoms with Crippen molar-refractivity contribution in [2.24, 2.45) is 0 Å². The molecule has 1 aromatic heterocycles. The van der Waals surface area contributed by atoms with Gasteiger partial charge in [-0.05, 0) is 69.4 Å². The number of aryl methyl sites for hydroxylation is 1. The zero-order chi connectivity index (χ0) is 19.3. The van der Waals surface area contributed by atoms with Crippen LogP contribution in [0, 0.1) is 6.92 Å². The SMILES string of the molecule is Cc1cc(C(=O)NC2CCCC2)nc(Nc2ccc(N3CCCCC3)cc2)n1. The maximum atomic E-state index is 12.5. The third kappa shape index (κ3) is 4.61. The summed E-state index contributed by atoms with van der Waals surface area (Å²) in [7, 11) is 0. The largest absolute Gasteiger partial charge is 0.372 e. The van der Waals surface area contributed by atoms with E-state index < -0.39 is 0 Å². The lowest BCUT2D eigenvalue weighted by molar-refractivity contribution is 0.0932. The maximum Gasteiger partial charge on any atom is 0.270 e. The molecule has 0 atom stereocenters. The topological polar surface area (TPSA) is 70.2 Å². The molecule has 1 saturated carbocycles. The molecule has 1 aromatic carbocycles. The Morgan fingerprint density at radius 1 is 1.00 bits per heavy atom. The van der Waals surface area contributed by atoms with Crippen molar-refractivity contribution in [1.82, 2.24) is 15.3 Å². The summed E-state index contributed by atoms with van der Waals surface area (Å²) in [5.74, 6) is 0.350. The summed E-state index contributed by atoms with van der Waals surface area (Å²) in [4.78, 5) is 23.9. The van der Waals surface area contributed by atoms with E-state index in [1.165, 1.54) is 37.8 Å². The Bertz CT molecular complexity index is 808. The molecule has 0 bridgehead atoms. The van der Waals surface area contributed by atoms with Gasteiger partial charge in [0.25, 0.3) is 5.91 Å². The number of benzene rings is 1. The standard InChI is InChI=1S/C22H29N5O/c1-16-15-20(21(28)24-17-7-3-4-8-17)26-22(23-16)25-18-9-11-19(12-10-18)27-13-5-2-6-14-27/h9-12,15,17H,2-8,13-14H2,1H3,(H,24,28)(H,23,25,26). The van der Waals surface area contributed by atoms with Crippen molar-refractivity contribution in [2.75, 3.05) is 23.3 Å². The van der Waals surface area contributed by atoms with Crippen molar-refractivity contribution < 1.29 is 4.79 Å². The number of carbonyl (C=O) groups excluding carboxylic acids is 1. The van der Waals surface area contributed by atoms with Crippen LogP contribution >= 0.6 is 0 Å². The lowest BCUT2D eigenvalue weighted by atomic mass is 10.1. The number of anilines is 3. The number of nitrogens with one attached hydrogen (secondary N) is 2. The van der Waals surface area contributed by atoms with E-state index in [1.54, 1.807) is 6.07 Å². The minimum absolute atomic E-state index is 0.110. The molecule has 6 nitrogen and oxygen atoms in total. The number of rotatable bonds is 5. The number of hydrogen-bond donors (Lipinski definition) is 2. The fourth-order valence-corrected chi connectivity index (χ4v) is 4.11. The fraction of sp³-hybridized carbons (Fsp3) is 0.500. The van der Waals surface area contributed by atoms with Crippen molar-refractivity contribution in [1.29, 1.82) is 0 Å². The van der Waals surface area contributed by atoms with Crippen LogP contribution in [0.25, 0.3) is 0 Å². The van der Waals surface area contributed by atoms with Gasteiger partial charge < -0.3 is 15.5 Å². The number of piperidine rings is 1. The molecular weight excluding hydrogens is 350 g/mol. The molecule has 0 radical (unpaired) electrons. The van der Waals surface area contributed by atoms with Crippen LogP contribution in [0.15, 0.2) is 30.3 Å². The third-order valence-electron chi connectivity index (χ3n) is 5.62. The first-order chi connectivity index (χ1) is 13.7. The lowest BCUT2D eigenvalue weighted by Gasteiger charge is -2.28. The zero-order valence-electron chi connectivity index (χ0n) is 16.6. The molecule has 2 fully saturated rings. The highest BCUT2D eigenvalue weighted by Crippen LogP contribution is 2.23. The summed E-state index contributed by atoms with van der Waals surface area (Å²) in [5, 5.41) is 6.34. The lowest BCUT2D eigenvalue weighted by Crippen LogP contribution is -2.33. The maximum absolute atomic E-state index is 12.5. The van der Waals surface area contributed by atoms with Crippen LogP contribution in [0.5, 0.6) is 0 Å². The van der Waals surface area contributed by atoms with E-state index in [4.69, 9.17) is 0 Å². The molecule has 2 heterocycles. The first-order valence-electron chi connectivity index (χ1n) is 10.5. The Balaban J connectivity index is 1.43. The van der Waals surface area contributed by atoms with E-state index in [2.05, 4.69) is 37.6 Å². The molecule has 28 heavy (non-hydrogen) atoms. The highest BCUT2D eigenvalue weighted by Gasteiger charge is 2.19. The van der Waals surface area contributed by atoms with Gasteiger partial charge in [-0.2, -0.15) is 0 Å². The molecule has 2 N–H and O–H groups in total. The summed E-state index contributed by atoms with van der Waals surface area (Å²) < 4.78 is 0. The van der Waals surface area contributed by atoms with E-state index >= 15 is 0 Å². The van der Waals surface area contributed by atoms with Crippen LogP contribution in [0.2, 0.25) is 0 Å². The number of amides is 1. The van der Waals surface area contributed by atoms with E-state index in [-0.39, 0.29) is 11.9 Å². The van der Waals surface area contributed by atoms with Gasteiger partial charge in [-0.1, -0.05) is 12.8 Å². The quantitative estimate of drug-likeness (QED) is 0.815. The van der Waals surface area contributed by atoms with Crippen molar-refractivity contribution in [3.8, 4) is 0 Å². The van der Waals surface area contributed by atoms with Crippen LogP contribution in [0.3, 0.4) is 0 Å². The highest BCUT2D eigenvalue weighted by atomic mass is 16.1. The normalized spacial score (nSPS) is 17.5. The predicted octanol–water partition coefficient (Wildman–Crippen LogP) is 4.19. The molecule has 4 rings (SSSR count). The molecule has 1 amide bonds. The van der Waals surface area contributed by atoms with Crippen LogP contribution in [0.1, 0.15) is 61.1 Å². The van der Waals surface area contributed by atoms with Gasteiger partial charge in [0.15, 0.2) is 0 Å². The van der Waals surface area contributed by atoms with Gasteiger partial charge in [0.1, 0.15) is 5.69 Å². The van der Waals surface area contributed by atoms with E-state index in [9.17, 15) is 4.79 Å². The zero-order valence-corrected chi connectivity index (χ0v) is 16.6. The van der Waals surface area contributed by atoms with Gasteiger partial charge in [0, 0.05) is 36.2 Å². The number of hydrogen-bond acceptors (Lipinski definition) is 5. The second-order valence-corrected chi connectivity index (χ2v) is 7.89. The first-order valence-corrected chi connectivity index (χ1v) is 10.5. The summed E-state index contributed by atoms with van der Waals surface area (Å²) in [6.45, 7) is 4.15. The molecule has 1 saturated heterocycles. The summed E-state index contributed by atoms with van der Waals surface area (Å²) in [6, 6.07) is 10.4. The van der Waals surface area contributed by atoms with Gasteiger partial charge in [-0.15, -0.1) is 0 Å². The summed E-state index contributed by atoms with van der Waals surface area (Å²) >= 11 is 0. The monoisotopic (exact) mass is 379 g/mol. The van der Waals surface area contributed by atoms with Gasteiger partial charge >= 0.3 is 0 Å². The van der Waals surface area contributed by atoms with Gasteiger partial charge in [0.2, 0.25) is 5.95 Å². The van der Waals surface area contributed by atoms with Crippen LogP contribution < -0.4 is 15.5 Å². The van der Waals surface area contributed by atoms with Crippen molar-refractivity contribution in [2.45, 2.75) is 57.9 Å². The molecule has 2 aliphatic rings. The Morgan fingerprint density at radius 3 is 2.43 bits per heavy atom. The average Bonchev–Trinajstić information content (AvgIpc) is 3.22. The Hall–Kier alpha value is -2.63. The number of aromatic nitrogens is 2. The highest BCUT2D eigenvalue weighted by molar-refractivity contribution is 5.93. The van der Waals surface area contributed by atoms with Gasteiger partial charge in [-0.3, -0.25) is 4.79 Å². The van der Waals surface area contributed by atoms with Crippen molar-refractivity contribution >= 4 is 23.2 Å². The molecular formula is C22H29N5O. The second kappa shape index (κ2) is 8.59. The predicted molar refractivity (Wildman–Crippen MR) is 112 cm³/mol. The summed E-state index contributed by atoms with van der Waals surface area (Å²) in [6.07, 6.45) is 8.36. The molecule has 2 aromatic rings. The van der Waals surface area contributed by atoms with E-state index in [1.807, 2.05) is 19.1 Å². The Labute approximate surface area is 166 Å². The minimum atomic E-state index is -0.110. The first kappa shape index (κ1) is 18.7. The van der Waals surface area contributed by atoms with Gasteiger partial charge in [0.05, 0.1) is 0 Å². The smallest absolute Gasteiger partial charge is 0.270 e. The minimum Gasteiger partial charge on any atom is -0.372 e. The van der Waals surface area contributed by atoms with Crippen molar-refractivity contribution in [3.05, 3.63) is 41.7 Å². The average molecular weight is 380 g/mol. The van der Waals surface area contributed by atoms with Crippen LogP contribution in [0.4, 0.5) is 17.3 Å². The van der Waals surface area contributed by atoms with E-state index in [0.717, 1.165) is 37.3 Å². The second-order valence-electron chi connectivity index (χ2n) is 7.89. The Morgan fingerprint density at radius 2 is 1.71 bits per heavy atom. The molecule has 1 aliphatic heterocycles. The molecule has 148 valence electrons. The summed E-state index contributed by atoms with van der Waals surface area (Å²) in [5.41, 5.74) is 3.38. The number of nitrogens with zero attached hydrogens (tertiary/aromatic N) is 3. The Kier molecular flexibility index (Phi) is 5.74. The molecule has 1 aliphatic carbocycles. The van der Waals surface area contributed by atoms with Crippen LogP contribution in [-0.4, -0.2) is 35.0 Å². The van der Waals surface area contributed by atoms with Crippen molar-refractivity contribution in [3.63, 3.8) is 0 Å². The molecule has 0 spiro atoms. The third-order valence-corrected chi connectivity index (χ3v) is 5.62. The molecule has 0 unspecified atom stereocenters. The number of carbonyl (C=O) groups is 1.